The quantitative estimate of drug-likeness (QED) is 0.0390. The van der Waals surface area contributed by atoms with Crippen molar-refractivity contribution in [2.24, 2.45) is 0 Å². The minimum atomic E-state index is -0.587. The molecule has 0 unspecified atom stereocenters. The van der Waals surface area contributed by atoms with Crippen molar-refractivity contribution < 1.29 is 38.3 Å². The summed E-state index contributed by atoms with van der Waals surface area (Å²) in [4.78, 5) is 14.0. The second-order valence-corrected chi connectivity index (χ2v) is 31.5. The molecule has 14 heteroatoms. The van der Waals surface area contributed by atoms with Gasteiger partial charge >= 0.3 is 0 Å². The molecule has 12 aromatic carbocycles. The molecule has 0 saturated heterocycles. The number of anilines is 6. The van der Waals surface area contributed by atoms with E-state index in [1.165, 1.54) is 22.3 Å². The van der Waals surface area contributed by atoms with Gasteiger partial charge in [-0.25, -0.2) is 0 Å². The highest BCUT2D eigenvalue weighted by molar-refractivity contribution is 5.63. The third-order valence-corrected chi connectivity index (χ3v) is 23.2. The van der Waals surface area contributed by atoms with Gasteiger partial charge in [0.25, 0.3) is 12.5 Å². The summed E-state index contributed by atoms with van der Waals surface area (Å²) in [6, 6.07) is 99.6. The maximum Gasteiger partial charge on any atom is 0.266 e. The van der Waals surface area contributed by atoms with Crippen molar-refractivity contribution in [1.82, 2.24) is 0 Å². The first-order valence-electron chi connectivity index (χ1n) is 39.2. The number of aromatic hydroxyl groups is 2. The van der Waals surface area contributed by atoms with E-state index < -0.39 is 16.2 Å². The van der Waals surface area contributed by atoms with Gasteiger partial charge in [-0.3, -0.25) is 4.90 Å². The van der Waals surface area contributed by atoms with Gasteiger partial charge in [0.15, 0.2) is 20.2 Å². The molecule has 0 amide bonds. The lowest BCUT2D eigenvalue weighted by Crippen LogP contribution is -2.33. The normalized spacial score (nSPS) is 14.0. The second-order valence-electron chi connectivity index (χ2n) is 31.5. The summed E-state index contributed by atoms with van der Waals surface area (Å²) in [5.41, 5.74) is 20.2. The summed E-state index contributed by atoms with van der Waals surface area (Å²) in [7, 11) is 1.68. The van der Waals surface area contributed by atoms with Crippen LogP contribution in [-0.2, 0) is 78.1 Å². The van der Waals surface area contributed by atoms with E-state index in [2.05, 4.69) is 344 Å². The van der Waals surface area contributed by atoms with Crippen LogP contribution in [-0.4, -0.2) is 70.3 Å². The fourth-order valence-corrected chi connectivity index (χ4v) is 16.2. The van der Waals surface area contributed by atoms with Gasteiger partial charge in [0, 0.05) is 130 Å². The van der Waals surface area contributed by atoms with Gasteiger partial charge in [-0.05, 0) is 179 Å². The Bertz CT molecular complexity index is 5220. The number of phenols is 1. The lowest BCUT2D eigenvalue weighted by atomic mass is 9.76. The van der Waals surface area contributed by atoms with E-state index >= 15 is 0 Å². The molecule has 0 saturated carbocycles. The minimum absolute atomic E-state index is 0.239. The molecule has 0 spiro atoms. The third kappa shape index (κ3) is 16.1. The molecule has 14 nitrogen and oxygen atoms in total. The van der Waals surface area contributed by atoms with Gasteiger partial charge in [-0.1, -0.05) is 175 Å². The largest absolute Gasteiger partial charge is 0.567 e. The molecule has 0 aliphatic carbocycles. The molecule has 0 bridgehead atoms. The average Bonchev–Trinajstić information content (AvgIpc) is 0.764. The summed E-state index contributed by atoms with van der Waals surface area (Å²) >= 11 is 0. The number of fused-ring (bicyclic) bond motifs is 4. The molecule has 0 fully saturated rings. The van der Waals surface area contributed by atoms with E-state index in [1.807, 2.05) is 6.07 Å². The van der Waals surface area contributed by atoms with Crippen LogP contribution in [0.2, 0.25) is 0 Å². The monoisotopic (exact) mass is 1490 g/mol. The molecule has 0 aromatic heterocycles. The Balaban J connectivity index is 0.793. The molecule has 4 heterocycles. The molecule has 0 radical (unpaired) electrons. The van der Waals surface area contributed by atoms with Crippen LogP contribution < -0.4 is 48.3 Å². The Morgan fingerprint density at radius 1 is 0.357 bits per heavy atom. The van der Waals surface area contributed by atoms with Gasteiger partial charge < -0.3 is 62.8 Å². The number of hydrogen-bond acceptors (Lipinski definition) is 13. The molecule has 2 N–H and O–H groups in total. The number of nitrogens with zero attached hydrogens (tertiary/aromatic N) is 6. The second kappa shape index (κ2) is 32.6. The van der Waals surface area contributed by atoms with Crippen LogP contribution in [0.5, 0.6) is 34.5 Å². The molecule has 16 rings (SSSR count). The highest BCUT2D eigenvalue weighted by Gasteiger charge is 2.36. The molecule has 570 valence electrons. The number of para-hydroxylation sites is 6. The Morgan fingerprint density at radius 2 is 0.696 bits per heavy atom. The summed E-state index contributed by atoms with van der Waals surface area (Å²) in [5, 5.41) is 13.8. The van der Waals surface area contributed by atoms with E-state index in [0.29, 0.717) is 92.6 Å². The van der Waals surface area contributed by atoms with Gasteiger partial charge in [0.1, 0.15) is 35.4 Å². The minimum Gasteiger partial charge on any atom is -0.567 e. The van der Waals surface area contributed by atoms with Crippen LogP contribution in [0.4, 0.5) is 34.1 Å². The van der Waals surface area contributed by atoms with E-state index in [-0.39, 0.29) is 5.75 Å². The smallest absolute Gasteiger partial charge is 0.266 e. The number of rotatable bonds is 27. The van der Waals surface area contributed by atoms with Gasteiger partial charge in [0.2, 0.25) is 0 Å². The SMILES string of the molecule is COCCOCCOc1ccc(C(C)(C)c2ccc3c(c2)CN(c2ccccc2)CO3)cc1CN(Cc1cc(C(C)(C)c2ccc3c(c2)CN(c2ccccc2)CO3)cc(CN(Cc2cc(C(C)(C)c3ccc4c(c3)CN(c3ccccc3)CO4)cc3c2[OH+]CN(c2ccccc2)C3)c2ccccc2)c1O)c1ccccc1. The number of methoxy groups -OCH3 is 1. The first-order chi connectivity index (χ1) is 54.6. The fourth-order valence-electron chi connectivity index (χ4n) is 16.2. The Kier molecular flexibility index (Phi) is 21.6. The predicted octanol–water partition coefficient (Wildman–Crippen LogP) is 20.1. The van der Waals surface area contributed by atoms with Crippen molar-refractivity contribution in [2.75, 3.05) is 89.9 Å². The number of hydrogen-bond donors (Lipinski definition) is 1. The number of ether oxygens (including phenoxy) is 7. The van der Waals surface area contributed by atoms with Crippen molar-refractivity contribution in [3.63, 3.8) is 0 Å². The molecule has 12 aromatic rings. The van der Waals surface area contributed by atoms with Crippen molar-refractivity contribution >= 4 is 34.1 Å². The van der Waals surface area contributed by atoms with Crippen molar-refractivity contribution in [3.05, 3.63) is 357 Å². The number of aliphatic hydroxyl groups is 1. The zero-order valence-corrected chi connectivity index (χ0v) is 65.4. The van der Waals surface area contributed by atoms with E-state index in [4.69, 9.17) is 33.2 Å². The first-order valence-corrected chi connectivity index (χ1v) is 39.2. The summed E-state index contributed by atoms with van der Waals surface area (Å²) in [5.74, 6) is 4.72. The number of phenolic OH excluding ortho intramolecular Hbond substituents is 1. The van der Waals surface area contributed by atoms with E-state index in [0.717, 1.165) is 132 Å². The molecule has 112 heavy (non-hydrogen) atoms. The predicted molar refractivity (Wildman–Crippen MR) is 451 cm³/mol. The zero-order chi connectivity index (χ0) is 76.8. The van der Waals surface area contributed by atoms with E-state index in [9.17, 15) is 5.11 Å². The third-order valence-electron chi connectivity index (χ3n) is 23.2. The first kappa shape index (κ1) is 74.3. The summed E-state index contributed by atoms with van der Waals surface area (Å²) in [6.07, 6.45) is 0. The van der Waals surface area contributed by atoms with Crippen LogP contribution in [0.3, 0.4) is 0 Å². The molecule has 4 aliphatic heterocycles. The summed E-state index contributed by atoms with van der Waals surface area (Å²) in [6.45, 7) is 22.1. The molecular formula is C98H101N6O8+. The van der Waals surface area contributed by atoms with Crippen molar-refractivity contribution in [2.45, 2.75) is 110 Å². The van der Waals surface area contributed by atoms with Crippen molar-refractivity contribution in [1.29, 1.82) is 0 Å². The molecule has 0 atom stereocenters. The van der Waals surface area contributed by atoms with Crippen LogP contribution in [0, 0.1) is 0 Å². The van der Waals surface area contributed by atoms with Gasteiger partial charge in [-0.15, -0.1) is 0 Å². The van der Waals surface area contributed by atoms with Crippen LogP contribution in [0.25, 0.3) is 0 Å². The van der Waals surface area contributed by atoms with Crippen LogP contribution in [0.15, 0.2) is 279 Å². The maximum atomic E-state index is 13.8. The Morgan fingerprint density at radius 3 is 1.14 bits per heavy atom. The van der Waals surface area contributed by atoms with Gasteiger partial charge in [0.05, 0.1) is 44.0 Å². The molecular weight excluding hydrogens is 1390 g/mol. The highest BCUT2D eigenvalue weighted by atomic mass is 16.5. The lowest BCUT2D eigenvalue weighted by Gasteiger charge is -2.35. The topological polar surface area (TPSA) is 108 Å². The van der Waals surface area contributed by atoms with Crippen LogP contribution >= 0.6 is 0 Å². The molecule has 4 aliphatic rings. The fraction of sp³-hybridized carbons (Fsp3) is 0.265. The Hall–Kier alpha value is -11.8. The maximum absolute atomic E-state index is 13.8. The van der Waals surface area contributed by atoms with Gasteiger partial charge in [-0.2, -0.15) is 0 Å². The highest BCUT2D eigenvalue weighted by Crippen LogP contribution is 2.46. The number of benzene rings is 12. The lowest BCUT2D eigenvalue weighted by molar-refractivity contribution is 0.0524. The van der Waals surface area contributed by atoms with E-state index in [1.54, 1.807) is 7.11 Å². The summed E-state index contributed by atoms with van der Waals surface area (Å²) < 4.78 is 43.0. The zero-order valence-electron chi connectivity index (χ0n) is 65.4. The standard InChI is InChI=1S/C98H100N6O8/c1-96(2,79-39-43-91-71(51-79)59-101(66-109-91)86-30-18-10-19-31-86)78-38-42-90(108-49-48-107-47-46-106-7)70(50-78)58-99(84-26-14-8-15-27-84)62-74-54-82(97(3,4)80-40-44-92-72(52-80)60-102(67-110-92)87-32-20-11-21-33-87)55-75(94(74)105)63-100(85-28-16-9-17-29-85)64-76-56-83(57-77-65-104(69-112-95(76)77)89-36-24-13-25-37-89)98(5,6)81-41-45-93-73(53-81)61-103(68-111-93)88-34-22-12-23-35-88/h8-45,50-57,105H,46-49,58-69H2,1-7H3/p+1. The Labute approximate surface area is 660 Å². The van der Waals surface area contributed by atoms with Crippen molar-refractivity contribution in [3.8, 4) is 34.5 Å². The van der Waals surface area contributed by atoms with Crippen LogP contribution in [0.1, 0.15) is 119 Å². The average molecular weight is 1490 g/mol.